The van der Waals surface area contributed by atoms with Crippen LogP contribution in [0.2, 0.25) is 0 Å². The number of nitrogens with two attached hydrogens (primary N) is 1. The second kappa shape index (κ2) is 5.95. The summed E-state index contributed by atoms with van der Waals surface area (Å²) in [6.45, 7) is 5.44. The zero-order chi connectivity index (χ0) is 12.2. The van der Waals surface area contributed by atoms with E-state index in [0.29, 0.717) is 18.5 Å². The molecule has 6 heteroatoms. The van der Waals surface area contributed by atoms with E-state index in [9.17, 15) is 8.42 Å². The Morgan fingerprint density at radius 2 is 2.19 bits per heavy atom. The molecule has 0 bridgehead atoms. The van der Waals surface area contributed by atoms with E-state index in [-0.39, 0.29) is 11.9 Å². The molecule has 5 nitrogen and oxygen atoms in total. The maximum atomic E-state index is 10.8. The van der Waals surface area contributed by atoms with Gasteiger partial charge in [0.2, 0.25) is 10.0 Å². The van der Waals surface area contributed by atoms with Crippen LogP contribution in [0.5, 0.6) is 0 Å². The van der Waals surface area contributed by atoms with E-state index in [1.54, 1.807) is 0 Å². The number of nitrogens with one attached hydrogen (secondary N) is 1. The largest absolute Gasteiger partial charge is 0.378 e. The van der Waals surface area contributed by atoms with Gasteiger partial charge in [0, 0.05) is 19.2 Å². The van der Waals surface area contributed by atoms with E-state index in [1.807, 2.05) is 0 Å². The summed E-state index contributed by atoms with van der Waals surface area (Å²) in [5.41, 5.74) is 0. The van der Waals surface area contributed by atoms with Crippen molar-refractivity contribution in [2.75, 3.05) is 18.9 Å². The Balaban J connectivity index is 2.27. The first-order valence-electron chi connectivity index (χ1n) is 5.74. The quantitative estimate of drug-likeness (QED) is 0.723. The molecule has 1 saturated heterocycles. The molecule has 0 saturated carbocycles. The highest BCUT2D eigenvalue weighted by Crippen LogP contribution is 2.19. The van der Waals surface area contributed by atoms with Gasteiger partial charge in [-0.1, -0.05) is 13.8 Å². The zero-order valence-electron chi connectivity index (χ0n) is 9.98. The van der Waals surface area contributed by atoms with Crippen LogP contribution in [-0.4, -0.2) is 39.5 Å². The summed E-state index contributed by atoms with van der Waals surface area (Å²) >= 11 is 0. The molecule has 1 rings (SSSR count). The standard InChI is InChI=1S/C10H22N2O3S/c1-8(2)10-7-9(3-5-15-10)12-4-6-16(11,13)14/h8-10,12H,3-7H2,1-2H3,(H2,11,13,14). The average Bonchev–Trinajstić information content (AvgIpc) is 2.16. The molecule has 1 fully saturated rings. The fraction of sp³-hybridized carbons (Fsp3) is 1.00. The lowest BCUT2D eigenvalue weighted by molar-refractivity contribution is -0.0240. The number of ether oxygens (including phenoxy) is 1. The summed E-state index contributed by atoms with van der Waals surface area (Å²) in [5.74, 6) is 0.499. The summed E-state index contributed by atoms with van der Waals surface area (Å²) in [4.78, 5) is 0. The maximum Gasteiger partial charge on any atom is 0.210 e. The number of rotatable bonds is 5. The van der Waals surface area contributed by atoms with Crippen molar-refractivity contribution in [3.63, 3.8) is 0 Å². The van der Waals surface area contributed by atoms with Gasteiger partial charge >= 0.3 is 0 Å². The molecule has 1 heterocycles. The van der Waals surface area contributed by atoms with Gasteiger partial charge in [0.05, 0.1) is 11.9 Å². The fourth-order valence-corrected chi connectivity index (χ4v) is 2.29. The highest BCUT2D eigenvalue weighted by atomic mass is 32.2. The first kappa shape index (κ1) is 13.9. The highest BCUT2D eigenvalue weighted by molar-refractivity contribution is 7.89. The van der Waals surface area contributed by atoms with Crippen molar-refractivity contribution < 1.29 is 13.2 Å². The molecule has 1 aliphatic heterocycles. The molecule has 2 unspecified atom stereocenters. The topological polar surface area (TPSA) is 81.4 Å². The van der Waals surface area contributed by atoms with Gasteiger partial charge in [0.25, 0.3) is 0 Å². The molecular formula is C10H22N2O3S. The van der Waals surface area contributed by atoms with Crippen LogP contribution in [0.4, 0.5) is 0 Å². The Morgan fingerprint density at radius 3 is 2.75 bits per heavy atom. The molecule has 1 aliphatic rings. The Morgan fingerprint density at radius 1 is 1.50 bits per heavy atom. The average molecular weight is 250 g/mol. The lowest BCUT2D eigenvalue weighted by atomic mass is 9.95. The third kappa shape index (κ3) is 5.25. The highest BCUT2D eigenvalue weighted by Gasteiger charge is 2.24. The van der Waals surface area contributed by atoms with Crippen LogP contribution < -0.4 is 10.5 Å². The smallest absolute Gasteiger partial charge is 0.210 e. The summed E-state index contributed by atoms with van der Waals surface area (Å²) in [5, 5.41) is 8.16. The summed E-state index contributed by atoms with van der Waals surface area (Å²) in [6.07, 6.45) is 2.16. The fourth-order valence-electron chi connectivity index (χ4n) is 1.88. The lowest BCUT2D eigenvalue weighted by Crippen LogP contribution is -2.42. The molecule has 0 aromatic carbocycles. The van der Waals surface area contributed by atoms with Gasteiger partial charge in [-0.15, -0.1) is 0 Å². The molecule has 0 aromatic heterocycles. The second-order valence-corrected chi connectivity index (χ2v) is 6.43. The van der Waals surface area contributed by atoms with E-state index in [0.717, 1.165) is 19.4 Å². The van der Waals surface area contributed by atoms with Crippen LogP contribution >= 0.6 is 0 Å². The molecule has 0 radical (unpaired) electrons. The van der Waals surface area contributed by atoms with Crippen LogP contribution in [0.25, 0.3) is 0 Å². The molecule has 0 spiro atoms. The normalized spacial score (nSPS) is 27.2. The minimum Gasteiger partial charge on any atom is -0.378 e. The molecule has 0 aromatic rings. The Hall–Kier alpha value is -0.170. The van der Waals surface area contributed by atoms with Crippen molar-refractivity contribution in [2.45, 2.75) is 38.8 Å². The van der Waals surface area contributed by atoms with Crippen molar-refractivity contribution in [1.29, 1.82) is 0 Å². The van der Waals surface area contributed by atoms with E-state index >= 15 is 0 Å². The monoisotopic (exact) mass is 250 g/mol. The molecule has 16 heavy (non-hydrogen) atoms. The zero-order valence-corrected chi connectivity index (χ0v) is 10.8. The lowest BCUT2D eigenvalue weighted by Gasteiger charge is -2.32. The number of sulfonamides is 1. The number of primary sulfonamides is 1. The van der Waals surface area contributed by atoms with Crippen LogP contribution in [0.15, 0.2) is 0 Å². The first-order chi connectivity index (χ1) is 7.38. The van der Waals surface area contributed by atoms with Crippen LogP contribution in [0.1, 0.15) is 26.7 Å². The summed E-state index contributed by atoms with van der Waals surface area (Å²) in [7, 11) is -3.35. The van der Waals surface area contributed by atoms with Crippen molar-refractivity contribution in [2.24, 2.45) is 11.1 Å². The van der Waals surface area contributed by atoms with Gasteiger partial charge in [-0.3, -0.25) is 0 Å². The van der Waals surface area contributed by atoms with E-state index < -0.39 is 10.0 Å². The summed E-state index contributed by atoms with van der Waals surface area (Å²) in [6, 6.07) is 0.350. The second-order valence-electron chi connectivity index (χ2n) is 4.70. The van der Waals surface area contributed by atoms with Crippen molar-refractivity contribution in [3.05, 3.63) is 0 Å². The third-order valence-corrected chi connectivity index (χ3v) is 3.65. The van der Waals surface area contributed by atoms with Crippen LogP contribution in [-0.2, 0) is 14.8 Å². The van der Waals surface area contributed by atoms with E-state index in [2.05, 4.69) is 19.2 Å². The number of hydrogen-bond acceptors (Lipinski definition) is 4. The van der Waals surface area contributed by atoms with Gasteiger partial charge in [0.1, 0.15) is 0 Å². The Bertz CT molecular complexity index is 303. The van der Waals surface area contributed by atoms with Gasteiger partial charge in [0.15, 0.2) is 0 Å². The molecule has 3 N–H and O–H groups in total. The molecule has 2 atom stereocenters. The minimum absolute atomic E-state index is 0.00327. The van der Waals surface area contributed by atoms with E-state index in [4.69, 9.17) is 9.88 Å². The first-order valence-corrected chi connectivity index (χ1v) is 7.45. The van der Waals surface area contributed by atoms with Crippen LogP contribution in [0, 0.1) is 5.92 Å². The molecule has 96 valence electrons. The third-order valence-electron chi connectivity index (χ3n) is 2.88. The van der Waals surface area contributed by atoms with Crippen molar-refractivity contribution in [1.82, 2.24) is 5.32 Å². The van der Waals surface area contributed by atoms with Gasteiger partial charge in [-0.05, 0) is 18.8 Å². The minimum atomic E-state index is -3.35. The molecule has 0 amide bonds. The van der Waals surface area contributed by atoms with Crippen molar-refractivity contribution in [3.8, 4) is 0 Å². The van der Waals surface area contributed by atoms with Gasteiger partial charge in [-0.25, -0.2) is 13.6 Å². The predicted octanol–water partition coefficient (Wildman–Crippen LogP) is 0.0681. The van der Waals surface area contributed by atoms with E-state index in [1.165, 1.54) is 0 Å². The number of hydrogen-bond donors (Lipinski definition) is 2. The Kier molecular flexibility index (Phi) is 5.17. The van der Waals surface area contributed by atoms with Gasteiger partial charge in [-0.2, -0.15) is 0 Å². The Labute approximate surface area is 97.8 Å². The molecule has 0 aliphatic carbocycles. The predicted molar refractivity (Wildman–Crippen MR) is 63.6 cm³/mol. The van der Waals surface area contributed by atoms with Crippen LogP contribution in [0.3, 0.4) is 0 Å². The SMILES string of the molecule is CC(C)C1CC(NCCS(N)(=O)=O)CCO1. The van der Waals surface area contributed by atoms with Gasteiger partial charge < -0.3 is 10.1 Å². The maximum absolute atomic E-state index is 10.8. The summed E-state index contributed by atoms with van der Waals surface area (Å²) < 4.78 is 27.2. The molecular weight excluding hydrogens is 228 g/mol. The van der Waals surface area contributed by atoms with Crippen molar-refractivity contribution >= 4 is 10.0 Å².